The van der Waals surface area contributed by atoms with Gasteiger partial charge in [0.05, 0.1) is 9.85 Å². The van der Waals surface area contributed by atoms with Gasteiger partial charge in [0.1, 0.15) is 24.7 Å². The number of alkyl halides is 2. The summed E-state index contributed by atoms with van der Waals surface area (Å²) in [6.07, 6.45) is 0. The Morgan fingerprint density at radius 1 is 0.542 bits per heavy atom. The lowest BCUT2D eigenvalue weighted by atomic mass is 9.88. The molecule has 0 aliphatic rings. The van der Waals surface area contributed by atoms with Crippen LogP contribution in [0.25, 0.3) is 32.7 Å². The fraction of sp³-hybridized carbons (Fsp3) is 0.111. The molecule has 0 aromatic heterocycles. The van der Waals surface area contributed by atoms with Gasteiger partial charge in [-0.15, -0.1) is 0 Å². The van der Waals surface area contributed by atoms with Gasteiger partial charge in [-0.1, -0.05) is 91.5 Å². The number of nitro groups is 2. The van der Waals surface area contributed by atoms with Crippen molar-refractivity contribution in [2.75, 3.05) is 0 Å². The van der Waals surface area contributed by atoms with E-state index in [2.05, 4.69) is 56.1 Å². The highest BCUT2D eigenvalue weighted by atomic mass is 79.9. The van der Waals surface area contributed by atoms with Gasteiger partial charge in [0, 0.05) is 56.1 Å². The number of hydrogen-bond acceptors (Lipinski definition) is 6. The Hall–Kier alpha value is -4.22. The van der Waals surface area contributed by atoms with Crippen molar-refractivity contribution in [2.45, 2.75) is 23.9 Å². The molecular formula is C36H24Br2Cl2N2O6. The van der Waals surface area contributed by atoms with Crippen LogP contribution in [-0.2, 0) is 23.9 Å². The summed E-state index contributed by atoms with van der Waals surface area (Å²) in [6, 6.07) is 28.5. The van der Waals surface area contributed by atoms with Crippen molar-refractivity contribution in [1.82, 2.24) is 0 Å². The van der Waals surface area contributed by atoms with Gasteiger partial charge in [0.15, 0.2) is 0 Å². The number of benzene rings is 6. The Balaban J connectivity index is 1.43. The second-order valence-corrected chi connectivity index (χ2v) is 12.8. The molecule has 8 nitrogen and oxygen atoms in total. The number of non-ortho nitro benzene ring substituents is 2. The van der Waals surface area contributed by atoms with E-state index in [4.69, 9.17) is 32.7 Å². The zero-order valence-electron chi connectivity index (χ0n) is 24.9. The fourth-order valence-corrected chi connectivity index (χ4v) is 6.85. The molecule has 12 heteroatoms. The van der Waals surface area contributed by atoms with Crippen molar-refractivity contribution >= 4 is 88.0 Å². The minimum atomic E-state index is -0.463. The van der Waals surface area contributed by atoms with E-state index in [0.717, 1.165) is 43.8 Å². The maximum absolute atomic E-state index is 11.3. The number of nitro benzene ring substituents is 2. The third kappa shape index (κ3) is 6.98. The standard InChI is InChI=1S/C36H24Br2Cl2N2O6/c37-17-23-3-1-21-5-9-29(47-19-25-13-27(41(43)44)7-11-33(25)39)15-31(21)35(23)36-24(18-38)4-2-22-6-10-30(16-32(22)36)48-20-26-14-28(42(45)46)8-12-34(26)40/h1-16H,17-20H2. The monoisotopic (exact) mass is 808 g/mol. The summed E-state index contributed by atoms with van der Waals surface area (Å²) < 4.78 is 12.3. The van der Waals surface area contributed by atoms with Crippen molar-refractivity contribution in [1.29, 1.82) is 0 Å². The molecule has 0 amide bonds. The Morgan fingerprint density at radius 2 is 0.938 bits per heavy atom. The molecule has 0 N–H and O–H groups in total. The van der Waals surface area contributed by atoms with Crippen LogP contribution in [0.5, 0.6) is 11.5 Å². The van der Waals surface area contributed by atoms with Crippen LogP contribution in [0.1, 0.15) is 22.3 Å². The first-order valence-corrected chi connectivity index (χ1v) is 17.5. The lowest BCUT2D eigenvalue weighted by molar-refractivity contribution is -0.385. The van der Waals surface area contributed by atoms with Gasteiger partial charge in [-0.2, -0.15) is 0 Å². The summed E-state index contributed by atoms with van der Waals surface area (Å²) in [6.45, 7) is 0.103. The van der Waals surface area contributed by atoms with E-state index >= 15 is 0 Å². The summed E-state index contributed by atoms with van der Waals surface area (Å²) in [5, 5.41) is 28.5. The molecule has 0 spiro atoms. The third-order valence-corrected chi connectivity index (χ3v) is 9.91. The van der Waals surface area contributed by atoms with Gasteiger partial charge < -0.3 is 9.47 Å². The van der Waals surface area contributed by atoms with Crippen molar-refractivity contribution in [3.05, 3.63) is 150 Å². The predicted molar refractivity (Wildman–Crippen MR) is 197 cm³/mol. The third-order valence-electron chi connectivity index (χ3n) is 7.97. The number of hydrogen-bond donors (Lipinski definition) is 0. The second kappa shape index (κ2) is 14.5. The van der Waals surface area contributed by atoms with E-state index in [1.165, 1.54) is 36.4 Å². The molecule has 0 saturated carbocycles. The summed E-state index contributed by atoms with van der Waals surface area (Å²) in [7, 11) is 0. The predicted octanol–water partition coefficient (Wildman–Crippen LogP) is 11.7. The SMILES string of the molecule is O=[N+]([O-])c1ccc(Cl)c(COc2ccc3ccc(CBr)c(-c4c(CBr)ccc5ccc(OCc6cc([N+](=O)[O-])ccc6Cl)cc45)c3c2)c1. The fourth-order valence-electron chi connectivity index (χ4n) is 5.57. The number of fused-ring (bicyclic) bond motifs is 2. The Morgan fingerprint density at radius 3 is 1.31 bits per heavy atom. The number of ether oxygens (including phenoxy) is 2. The molecule has 0 radical (unpaired) electrons. The lowest BCUT2D eigenvalue weighted by Crippen LogP contribution is -2.00. The van der Waals surface area contributed by atoms with Crippen molar-refractivity contribution in [3.63, 3.8) is 0 Å². The highest BCUT2D eigenvalue weighted by Crippen LogP contribution is 2.43. The van der Waals surface area contributed by atoms with Gasteiger partial charge in [-0.3, -0.25) is 20.2 Å². The molecule has 6 rings (SSSR count). The molecule has 0 unspecified atom stereocenters. The van der Waals surface area contributed by atoms with Crippen LogP contribution < -0.4 is 9.47 Å². The molecule has 0 atom stereocenters. The maximum atomic E-state index is 11.3. The molecule has 6 aromatic carbocycles. The summed E-state index contributed by atoms with van der Waals surface area (Å²) in [5.41, 5.74) is 5.05. The van der Waals surface area contributed by atoms with Gasteiger partial charge >= 0.3 is 0 Å². The molecule has 0 bridgehead atoms. The first-order valence-electron chi connectivity index (χ1n) is 14.5. The number of nitrogens with zero attached hydrogens (tertiary/aromatic N) is 2. The molecule has 242 valence electrons. The van der Waals surface area contributed by atoms with Crippen molar-refractivity contribution in [2.24, 2.45) is 0 Å². The lowest BCUT2D eigenvalue weighted by Gasteiger charge is -2.19. The van der Waals surface area contributed by atoms with Crippen LogP contribution in [0.15, 0.2) is 97.1 Å². The topological polar surface area (TPSA) is 105 Å². The highest BCUT2D eigenvalue weighted by Gasteiger charge is 2.19. The van der Waals surface area contributed by atoms with Gasteiger partial charge in [-0.05, 0) is 80.2 Å². The maximum Gasteiger partial charge on any atom is 0.269 e. The van der Waals surface area contributed by atoms with E-state index in [1.807, 2.05) is 36.4 Å². The van der Waals surface area contributed by atoms with Crippen LogP contribution in [0, 0.1) is 20.2 Å². The molecule has 0 fully saturated rings. The molecule has 48 heavy (non-hydrogen) atoms. The van der Waals surface area contributed by atoms with Crippen molar-refractivity contribution in [3.8, 4) is 22.6 Å². The van der Waals surface area contributed by atoms with E-state index in [9.17, 15) is 20.2 Å². The Kier molecular flexibility index (Phi) is 10.2. The first kappa shape index (κ1) is 33.7. The largest absolute Gasteiger partial charge is 0.489 e. The van der Waals surface area contributed by atoms with Crippen LogP contribution in [0.4, 0.5) is 11.4 Å². The average molecular weight is 811 g/mol. The van der Waals surface area contributed by atoms with Gasteiger partial charge in [-0.25, -0.2) is 0 Å². The zero-order valence-corrected chi connectivity index (χ0v) is 29.6. The molecule has 0 aliphatic carbocycles. The molecule has 0 aliphatic heterocycles. The van der Waals surface area contributed by atoms with Crippen LogP contribution >= 0.6 is 55.1 Å². The van der Waals surface area contributed by atoms with Gasteiger partial charge in [0.2, 0.25) is 0 Å². The van der Waals surface area contributed by atoms with E-state index in [0.29, 0.717) is 43.3 Å². The van der Waals surface area contributed by atoms with E-state index in [1.54, 1.807) is 0 Å². The molecule has 0 saturated heterocycles. The molecular weight excluding hydrogens is 787 g/mol. The number of rotatable bonds is 11. The zero-order chi connectivity index (χ0) is 33.9. The summed E-state index contributed by atoms with van der Waals surface area (Å²) in [4.78, 5) is 21.7. The average Bonchev–Trinajstić information content (AvgIpc) is 3.09. The normalized spacial score (nSPS) is 11.2. The number of halogens is 4. The minimum absolute atomic E-state index is 0.0513. The summed E-state index contributed by atoms with van der Waals surface area (Å²) in [5.74, 6) is 1.16. The van der Waals surface area contributed by atoms with Crippen LogP contribution in [-0.4, -0.2) is 9.85 Å². The smallest absolute Gasteiger partial charge is 0.269 e. The van der Waals surface area contributed by atoms with Crippen LogP contribution in [0.3, 0.4) is 0 Å². The highest BCUT2D eigenvalue weighted by molar-refractivity contribution is 9.08. The minimum Gasteiger partial charge on any atom is -0.489 e. The van der Waals surface area contributed by atoms with E-state index < -0.39 is 9.85 Å². The molecule has 0 heterocycles. The first-order chi connectivity index (χ1) is 23.2. The Labute approximate surface area is 301 Å². The van der Waals surface area contributed by atoms with Crippen molar-refractivity contribution < 1.29 is 19.3 Å². The molecule has 6 aromatic rings. The Bertz CT molecular complexity index is 2070. The quantitative estimate of drug-likeness (QED) is 0.0733. The van der Waals surface area contributed by atoms with Gasteiger partial charge in [0.25, 0.3) is 11.4 Å². The van der Waals surface area contributed by atoms with E-state index in [-0.39, 0.29) is 24.6 Å². The van der Waals surface area contributed by atoms with Crippen LogP contribution in [0.2, 0.25) is 10.0 Å². The second-order valence-electron chi connectivity index (χ2n) is 10.9. The summed E-state index contributed by atoms with van der Waals surface area (Å²) >= 11 is 20.1.